The van der Waals surface area contributed by atoms with Gasteiger partial charge in [0.05, 0.1) is 0 Å². The monoisotopic (exact) mass is 249 g/mol. The summed E-state index contributed by atoms with van der Waals surface area (Å²) in [5, 5.41) is 0. The number of benzene rings is 1. The van der Waals surface area contributed by atoms with Gasteiger partial charge in [0.25, 0.3) is 0 Å². The van der Waals surface area contributed by atoms with Crippen LogP contribution in [-0.2, 0) is 6.42 Å². The molecule has 2 atom stereocenters. The second-order valence-electron chi connectivity index (χ2n) is 5.53. The minimum Gasteiger partial charge on any atom is -0.327 e. The van der Waals surface area contributed by atoms with E-state index in [4.69, 9.17) is 5.73 Å². The molecule has 0 bridgehead atoms. The van der Waals surface area contributed by atoms with Crippen molar-refractivity contribution in [1.82, 2.24) is 0 Å². The SMILES string of the molecule is CC(C)CSCC(N)CC1Cc2ccccc21. The van der Waals surface area contributed by atoms with Crippen molar-refractivity contribution in [2.24, 2.45) is 11.7 Å². The zero-order valence-corrected chi connectivity index (χ0v) is 11.7. The van der Waals surface area contributed by atoms with Gasteiger partial charge in [0.1, 0.15) is 0 Å². The third-order valence-corrected chi connectivity index (χ3v) is 4.90. The molecule has 94 valence electrons. The summed E-state index contributed by atoms with van der Waals surface area (Å²) in [5.74, 6) is 3.84. The molecule has 1 aromatic rings. The van der Waals surface area contributed by atoms with Gasteiger partial charge in [0.15, 0.2) is 0 Å². The number of hydrogen-bond acceptors (Lipinski definition) is 2. The normalized spacial score (nSPS) is 19.9. The minimum absolute atomic E-state index is 0.358. The average molecular weight is 249 g/mol. The van der Waals surface area contributed by atoms with E-state index >= 15 is 0 Å². The first-order valence-electron chi connectivity index (χ1n) is 6.58. The van der Waals surface area contributed by atoms with Crippen LogP contribution < -0.4 is 5.73 Å². The van der Waals surface area contributed by atoms with Gasteiger partial charge >= 0.3 is 0 Å². The van der Waals surface area contributed by atoms with E-state index < -0.39 is 0 Å². The molecule has 0 fully saturated rings. The highest BCUT2D eigenvalue weighted by Gasteiger charge is 2.26. The number of rotatable bonds is 6. The fourth-order valence-electron chi connectivity index (χ4n) is 2.46. The Bertz CT molecular complexity index is 362. The van der Waals surface area contributed by atoms with Crippen LogP contribution in [0.5, 0.6) is 0 Å². The van der Waals surface area contributed by atoms with Crippen LogP contribution in [0.2, 0.25) is 0 Å². The van der Waals surface area contributed by atoms with Crippen molar-refractivity contribution in [1.29, 1.82) is 0 Å². The van der Waals surface area contributed by atoms with Crippen LogP contribution in [0.3, 0.4) is 0 Å². The van der Waals surface area contributed by atoms with Crippen LogP contribution in [0.15, 0.2) is 24.3 Å². The summed E-state index contributed by atoms with van der Waals surface area (Å²) in [7, 11) is 0. The van der Waals surface area contributed by atoms with Crippen molar-refractivity contribution in [2.45, 2.75) is 38.6 Å². The summed E-state index contributed by atoms with van der Waals surface area (Å²) >= 11 is 2.00. The zero-order chi connectivity index (χ0) is 12.3. The van der Waals surface area contributed by atoms with E-state index in [0.29, 0.717) is 6.04 Å². The quantitative estimate of drug-likeness (QED) is 0.836. The molecular weight excluding hydrogens is 226 g/mol. The molecule has 2 N–H and O–H groups in total. The van der Waals surface area contributed by atoms with Gasteiger partial charge in [-0.2, -0.15) is 11.8 Å². The summed E-state index contributed by atoms with van der Waals surface area (Å²) in [6, 6.07) is 9.14. The Balaban J connectivity index is 1.72. The predicted molar refractivity (Wildman–Crippen MR) is 77.6 cm³/mol. The molecule has 1 aromatic carbocycles. The minimum atomic E-state index is 0.358. The molecular formula is C15H23NS. The number of nitrogens with two attached hydrogens (primary N) is 1. The number of thioether (sulfide) groups is 1. The second-order valence-corrected chi connectivity index (χ2v) is 6.60. The van der Waals surface area contributed by atoms with E-state index in [2.05, 4.69) is 38.1 Å². The van der Waals surface area contributed by atoms with Gasteiger partial charge in [0.2, 0.25) is 0 Å². The lowest BCUT2D eigenvalue weighted by Crippen LogP contribution is -2.30. The molecule has 17 heavy (non-hydrogen) atoms. The van der Waals surface area contributed by atoms with Gasteiger partial charge in [-0.15, -0.1) is 0 Å². The molecule has 1 aliphatic carbocycles. The summed E-state index contributed by atoms with van der Waals surface area (Å²) < 4.78 is 0. The molecule has 0 radical (unpaired) electrons. The fourth-order valence-corrected chi connectivity index (χ4v) is 3.51. The van der Waals surface area contributed by atoms with Gasteiger partial charge < -0.3 is 5.73 Å². The second kappa shape index (κ2) is 5.92. The lowest BCUT2D eigenvalue weighted by atomic mass is 9.75. The Labute approximate surface area is 109 Å². The van der Waals surface area contributed by atoms with Gasteiger partial charge in [-0.25, -0.2) is 0 Å². The first-order chi connectivity index (χ1) is 8.16. The van der Waals surface area contributed by atoms with Crippen LogP contribution in [-0.4, -0.2) is 17.5 Å². The maximum absolute atomic E-state index is 6.21. The molecule has 0 saturated heterocycles. The molecule has 2 heteroatoms. The lowest BCUT2D eigenvalue weighted by Gasteiger charge is -2.32. The number of hydrogen-bond donors (Lipinski definition) is 1. The Morgan fingerprint density at radius 1 is 1.29 bits per heavy atom. The highest BCUT2D eigenvalue weighted by atomic mass is 32.2. The van der Waals surface area contributed by atoms with Crippen molar-refractivity contribution >= 4 is 11.8 Å². The maximum atomic E-state index is 6.21. The largest absolute Gasteiger partial charge is 0.327 e. The number of fused-ring (bicyclic) bond motifs is 1. The third kappa shape index (κ3) is 3.49. The molecule has 2 unspecified atom stereocenters. The van der Waals surface area contributed by atoms with Crippen LogP contribution in [0.25, 0.3) is 0 Å². The molecule has 0 amide bonds. The van der Waals surface area contributed by atoms with Gasteiger partial charge in [0, 0.05) is 11.8 Å². The Hall–Kier alpha value is -0.470. The van der Waals surface area contributed by atoms with Crippen molar-refractivity contribution in [3.63, 3.8) is 0 Å². The first kappa shape index (κ1) is 13.0. The summed E-state index contributed by atoms with van der Waals surface area (Å²) in [4.78, 5) is 0. The molecule has 1 nitrogen and oxygen atoms in total. The van der Waals surface area contributed by atoms with Crippen LogP contribution in [0.4, 0.5) is 0 Å². The molecule has 0 heterocycles. The molecule has 0 spiro atoms. The van der Waals surface area contributed by atoms with Crippen LogP contribution in [0, 0.1) is 5.92 Å². The Kier molecular flexibility index (Phi) is 4.52. The molecule has 0 aliphatic heterocycles. The van der Waals surface area contributed by atoms with Crippen molar-refractivity contribution in [3.05, 3.63) is 35.4 Å². The summed E-state index contributed by atoms with van der Waals surface area (Å²) in [6.45, 7) is 4.53. The van der Waals surface area contributed by atoms with Gasteiger partial charge in [-0.1, -0.05) is 38.1 Å². The standard InChI is InChI=1S/C15H23NS/c1-11(2)9-17-10-14(16)8-13-7-12-5-3-4-6-15(12)13/h3-6,11,13-14H,7-10,16H2,1-2H3. The molecule has 0 aromatic heterocycles. The Morgan fingerprint density at radius 3 is 2.76 bits per heavy atom. The highest BCUT2D eigenvalue weighted by Crippen LogP contribution is 2.37. The van der Waals surface area contributed by atoms with E-state index in [1.165, 1.54) is 23.3 Å². The van der Waals surface area contributed by atoms with Gasteiger partial charge in [-0.3, -0.25) is 0 Å². The van der Waals surface area contributed by atoms with E-state index in [9.17, 15) is 0 Å². The highest BCUT2D eigenvalue weighted by molar-refractivity contribution is 7.99. The van der Waals surface area contributed by atoms with Crippen LogP contribution >= 0.6 is 11.8 Å². The smallest absolute Gasteiger partial charge is 0.0136 e. The van der Waals surface area contributed by atoms with Gasteiger partial charge in [-0.05, 0) is 41.6 Å². The predicted octanol–water partition coefficient (Wildman–Crippen LogP) is 3.43. The maximum Gasteiger partial charge on any atom is 0.0136 e. The molecule has 1 aliphatic rings. The van der Waals surface area contributed by atoms with E-state index in [-0.39, 0.29) is 0 Å². The first-order valence-corrected chi connectivity index (χ1v) is 7.73. The topological polar surface area (TPSA) is 26.0 Å². The lowest BCUT2D eigenvalue weighted by molar-refractivity contribution is 0.510. The third-order valence-electron chi connectivity index (χ3n) is 3.33. The van der Waals surface area contributed by atoms with Crippen molar-refractivity contribution < 1.29 is 0 Å². The van der Waals surface area contributed by atoms with Crippen molar-refractivity contribution in [2.75, 3.05) is 11.5 Å². The van der Waals surface area contributed by atoms with E-state index in [1.807, 2.05) is 11.8 Å². The van der Waals surface area contributed by atoms with Crippen molar-refractivity contribution in [3.8, 4) is 0 Å². The average Bonchev–Trinajstić information content (AvgIpc) is 2.25. The molecule has 2 rings (SSSR count). The summed E-state index contributed by atoms with van der Waals surface area (Å²) in [6.07, 6.45) is 2.39. The van der Waals surface area contributed by atoms with E-state index in [1.54, 1.807) is 0 Å². The Morgan fingerprint density at radius 2 is 2.06 bits per heavy atom. The zero-order valence-electron chi connectivity index (χ0n) is 10.9. The van der Waals surface area contributed by atoms with E-state index in [0.717, 1.165) is 24.0 Å². The summed E-state index contributed by atoms with van der Waals surface area (Å²) in [5.41, 5.74) is 9.27. The molecule has 0 saturated carbocycles. The fraction of sp³-hybridized carbons (Fsp3) is 0.600. The van der Waals surface area contributed by atoms with Crippen LogP contribution in [0.1, 0.15) is 37.3 Å².